The Morgan fingerprint density at radius 3 is 2.22 bits per heavy atom. The molecule has 3 aromatic heterocycles. The maximum absolute atomic E-state index is 12.7. The number of carbonyl (C=O) groups excluding carboxylic acids is 1. The summed E-state index contributed by atoms with van der Waals surface area (Å²) in [5.74, 6) is -1.70. The number of aryl methyl sites for hydroxylation is 1. The van der Waals surface area contributed by atoms with Gasteiger partial charge in [0.05, 0.1) is 24.7 Å². The second-order valence-corrected chi connectivity index (χ2v) is 10.6. The van der Waals surface area contributed by atoms with Crippen molar-refractivity contribution in [2.75, 3.05) is 25.6 Å². The lowest BCUT2D eigenvalue weighted by atomic mass is 10.1. The van der Waals surface area contributed by atoms with Gasteiger partial charge in [0.15, 0.2) is 5.82 Å². The average molecular weight is 779 g/mol. The first-order valence-electron chi connectivity index (χ1n) is 14.9. The van der Waals surface area contributed by atoms with Crippen LogP contribution in [0.3, 0.4) is 0 Å². The fourth-order valence-corrected chi connectivity index (χ4v) is 3.75. The third-order valence-electron chi connectivity index (χ3n) is 6.23. The van der Waals surface area contributed by atoms with E-state index in [0.717, 1.165) is 12.1 Å². The normalized spacial score (nSPS) is 11.2. The van der Waals surface area contributed by atoms with Gasteiger partial charge in [-0.3, -0.25) is 24.7 Å². The smallest absolute Gasteiger partial charge is 0.392 e. The number of hydrogen-bond donors (Lipinski definition) is 5. The Morgan fingerprint density at radius 2 is 1.74 bits per heavy atom. The summed E-state index contributed by atoms with van der Waals surface area (Å²) in [7, 11) is 1.45. The zero-order chi connectivity index (χ0) is 41.3. The highest BCUT2D eigenvalue weighted by Crippen LogP contribution is 2.37. The number of aromatic nitrogens is 6. The molecule has 26 heteroatoms. The third-order valence-corrected chi connectivity index (χ3v) is 6.23. The summed E-state index contributed by atoms with van der Waals surface area (Å²) in [5, 5.41) is 51.5. The number of halogens is 4. The van der Waals surface area contributed by atoms with Gasteiger partial charge in [0, 0.05) is 37.9 Å². The molecule has 3 heterocycles. The molecule has 1 unspecified atom stereocenters. The highest BCUT2D eigenvalue weighted by molar-refractivity contribution is 5.92. The number of rotatable bonds is 11. The molecule has 0 saturated heterocycles. The Labute approximate surface area is 299 Å². The van der Waals surface area contributed by atoms with E-state index in [1.807, 2.05) is 4.98 Å². The van der Waals surface area contributed by atoms with E-state index in [0.29, 0.717) is 18.1 Å². The Kier molecular flexibility index (Phi) is 17.9. The van der Waals surface area contributed by atoms with Crippen molar-refractivity contribution in [3.8, 4) is 0 Å². The average Bonchev–Trinajstić information content (AvgIpc) is 3.70. The number of aliphatic hydroxyl groups excluding tert-OH is 2. The van der Waals surface area contributed by atoms with E-state index in [1.165, 1.54) is 34.8 Å². The number of anilines is 1. The Hall–Kier alpha value is -6.41. The minimum absolute atomic E-state index is 0.0819. The molecule has 4 aromatic rings. The molecule has 1 aromatic carbocycles. The number of ether oxygens (including phenoxy) is 1. The molecule has 0 spiro atoms. The predicted molar refractivity (Wildman–Crippen MR) is 177 cm³/mol. The Balaban J connectivity index is 0.000000372. The van der Waals surface area contributed by atoms with Crippen LogP contribution in [0.4, 0.5) is 40.7 Å². The maximum Gasteiger partial charge on any atom is 0.434 e. The summed E-state index contributed by atoms with van der Waals surface area (Å²) < 4.78 is 57.3. The number of carbonyl (C=O) groups is 1. The predicted octanol–water partition coefficient (Wildman–Crippen LogP) is 2.30. The van der Waals surface area contributed by atoms with E-state index < -0.39 is 67.2 Å². The second-order valence-electron chi connectivity index (χ2n) is 10.6. The summed E-state index contributed by atoms with van der Waals surface area (Å²) in [4.78, 5) is 71.8. The number of hydrogen-bond acceptors (Lipinski definition) is 14. The van der Waals surface area contributed by atoms with Gasteiger partial charge in [0.2, 0.25) is 11.7 Å². The summed E-state index contributed by atoms with van der Waals surface area (Å²) in [6.45, 7) is 5.12. The molecular formula is C28H34F4N10O12. The van der Waals surface area contributed by atoms with E-state index in [9.17, 15) is 67.4 Å². The van der Waals surface area contributed by atoms with Crippen LogP contribution in [0.1, 0.15) is 25.2 Å². The molecule has 0 aliphatic carbocycles. The quantitative estimate of drug-likeness (QED) is 0.0829. The number of imidazole rings is 2. The molecule has 0 fully saturated rings. The molecule has 0 aliphatic rings. The number of amides is 1. The molecule has 0 aliphatic heterocycles. The van der Waals surface area contributed by atoms with E-state index in [4.69, 9.17) is 9.84 Å². The van der Waals surface area contributed by atoms with Gasteiger partial charge in [-0.2, -0.15) is 17.6 Å². The van der Waals surface area contributed by atoms with Crippen molar-refractivity contribution in [1.82, 2.24) is 29.1 Å². The highest BCUT2D eigenvalue weighted by Gasteiger charge is 2.38. The molecule has 0 radical (unpaired) electrons. The lowest BCUT2D eigenvalue weighted by Crippen LogP contribution is -2.23. The number of benzene rings is 1. The summed E-state index contributed by atoms with van der Waals surface area (Å²) in [6, 6.07) is 2.34. The van der Waals surface area contributed by atoms with Crippen molar-refractivity contribution in [1.29, 1.82) is 0 Å². The number of methoxy groups -OCH3 is 1. The maximum atomic E-state index is 12.7. The van der Waals surface area contributed by atoms with Gasteiger partial charge in [0.25, 0.3) is 11.2 Å². The lowest BCUT2D eigenvalue weighted by Gasteiger charge is -2.11. The number of nitrogens with zero attached hydrogens (tertiary/aromatic N) is 7. The van der Waals surface area contributed by atoms with E-state index >= 15 is 0 Å². The molecule has 4 rings (SSSR count). The van der Waals surface area contributed by atoms with Crippen molar-refractivity contribution >= 4 is 29.0 Å². The van der Waals surface area contributed by atoms with Crippen LogP contribution in [0.2, 0.25) is 0 Å². The van der Waals surface area contributed by atoms with Gasteiger partial charge in [-0.05, 0) is 22.0 Å². The molecule has 1 amide bonds. The zero-order valence-corrected chi connectivity index (χ0v) is 28.6. The van der Waals surface area contributed by atoms with Crippen LogP contribution in [0, 0.1) is 49.0 Å². The third kappa shape index (κ3) is 14.7. The summed E-state index contributed by atoms with van der Waals surface area (Å²) >= 11 is 0. The van der Waals surface area contributed by atoms with E-state index in [2.05, 4.69) is 15.3 Å². The van der Waals surface area contributed by atoms with Crippen molar-refractivity contribution in [3.63, 3.8) is 0 Å². The minimum atomic E-state index is -4.86. The molecule has 0 bridgehead atoms. The van der Waals surface area contributed by atoms with Crippen molar-refractivity contribution < 1.29 is 52.1 Å². The number of H-pyrrole nitrogens is 2. The number of nitro benzene ring substituents is 1. The van der Waals surface area contributed by atoms with E-state index in [1.54, 1.807) is 25.8 Å². The van der Waals surface area contributed by atoms with E-state index in [-0.39, 0.29) is 43.8 Å². The van der Waals surface area contributed by atoms with Crippen LogP contribution in [0.5, 0.6) is 0 Å². The van der Waals surface area contributed by atoms with Gasteiger partial charge in [-0.15, -0.1) is 0 Å². The lowest BCUT2D eigenvalue weighted by molar-refractivity contribution is -0.397. The standard InChI is InChI=1S/C11H11F3N2O3.C7H11N3O4.C6H9N3O3.C4H3FN2O2/c1-6(2)10(17)15-7-3-4-9(16(18)19)8(5-7)11(12,13)14;1-14-5-6(11)4-9-3-2-8-7(9)10(12)13;1-5-7-4-6(9(11)12)8(5)2-3-10;5-2-1-6-4(9)7-3(2)8/h3-6H,1-2H3,(H,15,17);2-3,6,11H,4-5H2,1H3;4,10H,2-3H2,1H3;1H,(H2,6,7,8,9). The molecule has 22 nitrogen and oxygen atoms in total. The summed E-state index contributed by atoms with van der Waals surface area (Å²) in [6.07, 6.45) is -0.977. The first-order chi connectivity index (χ1) is 25.1. The molecular weight excluding hydrogens is 744 g/mol. The van der Waals surface area contributed by atoms with Crippen molar-refractivity contribution in [2.45, 2.75) is 46.1 Å². The van der Waals surface area contributed by atoms with Gasteiger partial charge in [-0.25, -0.2) is 18.9 Å². The molecule has 54 heavy (non-hydrogen) atoms. The SMILES string of the molecule is CC(C)C(=O)Nc1ccc([N+](=O)[O-])c(C(F)(F)F)c1.COCC(O)Cn1ccnc1[N+](=O)[O-].Cc1ncc([N+](=O)[O-])n1CCO.O=c1[nH]cc(F)c(=O)[nH]1. The highest BCUT2D eigenvalue weighted by atomic mass is 19.4. The van der Waals surface area contributed by atoms with Crippen molar-refractivity contribution in [2.24, 2.45) is 5.92 Å². The summed E-state index contributed by atoms with van der Waals surface area (Å²) in [5.41, 5.74) is -4.27. The van der Waals surface area contributed by atoms with Gasteiger partial charge < -0.3 is 45.5 Å². The molecule has 5 N–H and O–H groups in total. The van der Waals surface area contributed by atoms with Crippen LogP contribution < -0.4 is 16.6 Å². The van der Waals surface area contributed by atoms with Crippen LogP contribution >= 0.6 is 0 Å². The van der Waals surface area contributed by atoms with Gasteiger partial charge >= 0.3 is 23.6 Å². The van der Waals surface area contributed by atoms with Crippen LogP contribution in [-0.4, -0.2) is 86.4 Å². The van der Waals surface area contributed by atoms with Crippen LogP contribution in [0.25, 0.3) is 0 Å². The Bertz CT molecular complexity index is 1990. The fraction of sp³-hybridized carbons (Fsp3) is 0.393. The first kappa shape index (κ1) is 45.6. The monoisotopic (exact) mass is 778 g/mol. The molecule has 0 saturated carbocycles. The minimum Gasteiger partial charge on any atom is -0.392 e. The number of nitrogens with one attached hydrogen (secondary N) is 3. The van der Waals surface area contributed by atoms with Gasteiger partial charge in [0.1, 0.15) is 36.8 Å². The van der Waals surface area contributed by atoms with Crippen molar-refractivity contribution in [3.05, 3.63) is 111 Å². The van der Waals surface area contributed by atoms with Crippen LogP contribution in [-0.2, 0) is 28.8 Å². The Morgan fingerprint density at radius 1 is 1.09 bits per heavy atom. The number of alkyl halides is 3. The number of aliphatic hydroxyl groups is 2. The number of nitro groups is 3. The largest absolute Gasteiger partial charge is 0.434 e. The first-order valence-corrected chi connectivity index (χ1v) is 14.9. The zero-order valence-electron chi connectivity index (χ0n) is 28.6. The second kappa shape index (κ2) is 21.2. The topological polar surface area (TPSA) is 310 Å². The molecule has 296 valence electrons. The van der Waals surface area contributed by atoms with Crippen LogP contribution in [0.15, 0.2) is 52.6 Å². The number of aromatic amines is 2. The van der Waals surface area contributed by atoms with Gasteiger partial charge in [-0.1, -0.05) is 18.8 Å². The fourth-order valence-electron chi connectivity index (χ4n) is 3.75. The molecule has 1 atom stereocenters.